The fourth-order valence-electron chi connectivity index (χ4n) is 2.34. The van der Waals surface area contributed by atoms with Gasteiger partial charge in [-0.05, 0) is 19.4 Å². The van der Waals surface area contributed by atoms with E-state index >= 15 is 0 Å². The van der Waals surface area contributed by atoms with Gasteiger partial charge in [0.2, 0.25) is 0 Å². The van der Waals surface area contributed by atoms with Crippen LogP contribution >= 0.6 is 0 Å². The Hall–Kier alpha value is -1.35. The van der Waals surface area contributed by atoms with Gasteiger partial charge in [-0.25, -0.2) is 9.89 Å². The zero-order chi connectivity index (χ0) is 14.6. The number of aromatic amines is 2. The second-order valence-electron chi connectivity index (χ2n) is 4.87. The van der Waals surface area contributed by atoms with E-state index < -0.39 is 12.8 Å². The zero-order valence-electron chi connectivity index (χ0n) is 10.9. The summed E-state index contributed by atoms with van der Waals surface area (Å²) in [4.78, 5) is 15.7. The number of H-pyrrole nitrogens is 2. The molecule has 1 saturated heterocycles. The Labute approximate surface area is 113 Å². The summed E-state index contributed by atoms with van der Waals surface area (Å²) in [5.41, 5.74) is -0.342. The van der Waals surface area contributed by atoms with E-state index in [2.05, 4.69) is 19.9 Å². The van der Waals surface area contributed by atoms with Gasteiger partial charge in [-0.1, -0.05) is 0 Å². The Morgan fingerprint density at radius 3 is 2.90 bits per heavy atom. The number of hydrogen-bond acceptors (Lipinski definition) is 4. The first kappa shape index (κ1) is 15.0. The Balaban J connectivity index is 1.75. The van der Waals surface area contributed by atoms with E-state index in [0.717, 1.165) is 19.4 Å². The van der Waals surface area contributed by atoms with E-state index in [1.807, 2.05) is 4.90 Å². The average Bonchev–Trinajstić information content (AvgIpc) is 2.81. The van der Waals surface area contributed by atoms with Crippen molar-refractivity contribution in [2.75, 3.05) is 32.8 Å². The van der Waals surface area contributed by atoms with Crippen molar-refractivity contribution in [1.29, 1.82) is 0 Å². The van der Waals surface area contributed by atoms with Crippen LogP contribution in [0.4, 0.5) is 13.2 Å². The number of nitrogens with one attached hydrogen (secondary N) is 2. The van der Waals surface area contributed by atoms with Crippen LogP contribution in [-0.4, -0.2) is 59.1 Å². The predicted octanol–water partition coefficient (Wildman–Crippen LogP) is 0.856. The molecule has 0 aliphatic carbocycles. The number of rotatable bonds is 5. The maximum Gasteiger partial charge on any atom is 0.411 e. The highest BCUT2D eigenvalue weighted by atomic mass is 19.4. The molecule has 0 radical (unpaired) electrons. The lowest BCUT2D eigenvalue weighted by molar-refractivity contribution is -0.174. The number of nitrogens with zero attached hydrogens (tertiary/aromatic N) is 2. The third kappa shape index (κ3) is 4.64. The molecule has 6 nitrogen and oxygen atoms in total. The van der Waals surface area contributed by atoms with E-state index in [0.29, 0.717) is 18.9 Å². The Kier molecular flexibility index (Phi) is 4.81. The summed E-state index contributed by atoms with van der Waals surface area (Å²) in [5, 5.41) is 6.22. The minimum Gasteiger partial charge on any atom is -0.371 e. The molecule has 2 heterocycles. The molecule has 9 heteroatoms. The van der Waals surface area contributed by atoms with Crippen LogP contribution in [0.15, 0.2) is 4.79 Å². The van der Waals surface area contributed by atoms with Crippen molar-refractivity contribution < 1.29 is 17.9 Å². The lowest BCUT2D eigenvalue weighted by atomic mass is 9.97. The van der Waals surface area contributed by atoms with Crippen LogP contribution in [0.2, 0.25) is 0 Å². The molecule has 114 valence electrons. The molecule has 1 aliphatic rings. The van der Waals surface area contributed by atoms with Crippen LogP contribution in [0.5, 0.6) is 0 Å². The van der Waals surface area contributed by atoms with Gasteiger partial charge in [0.1, 0.15) is 12.4 Å². The number of likely N-dealkylation sites (tertiary alicyclic amines) is 1. The number of aromatic nitrogens is 3. The molecule has 1 fully saturated rings. The molecular weight excluding hydrogens is 277 g/mol. The van der Waals surface area contributed by atoms with Crippen LogP contribution < -0.4 is 5.69 Å². The zero-order valence-corrected chi connectivity index (χ0v) is 10.9. The lowest BCUT2D eigenvalue weighted by Crippen LogP contribution is -2.37. The molecule has 2 rings (SSSR count). The highest BCUT2D eigenvalue weighted by Gasteiger charge is 2.28. The van der Waals surface area contributed by atoms with Crippen molar-refractivity contribution in [2.24, 2.45) is 0 Å². The maximum absolute atomic E-state index is 11.9. The van der Waals surface area contributed by atoms with E-state index in [1.54, 1.807) is 0 Å². The van der Waals surface area contributed by atoms with Crippen LogP contribution in [0.1, 0.15) is 24.6 Å². The van der Waals surface area contributed by atoms with Crippen molar-refractivity contribution in [3.8, 4) is 0 Å². The van der Waals surface area contributed by atoms with Crippen molar-refractivity contribution in [3.05, 3.63) is 16.3 Å². The molecule has 0 aromatic carbocycles. The number of alkyl halides is 3. The van der Waals surface area contributed by atoms with E-state index in [-0.39, 0.29) is 18.2 Å². The number of halogens is 3. The highest BCUT2D eigenvalue weighted by Crippen LogP contribution is 2.23. The molecular formula is C11H17F3N4O2. The van der Waals surface area contributed by atoms with Gasteiger partial charge in [-0.15, -0.1) is 0 Å². The first-order chi connectivity index (χ1) is 9.44. The van der Waals surface area contributed by atoms with E-state index in [4.69, 9.17) is 0 Å². The molecule has 1 atom stereocenters. The summed E-state index contributed by atoms with van der Waals surface area (Å²) in [7, 11) is 0. The van der Waals surface area contributed by atoms with Gasteiger partial charge in [-0.2, -0.15) is 18.3 Å². The monoisotopic (exact) mass is 294 g/mol. The molecule has 1 aromatic rings. The Bertz CT molecular complexity index is 471. The predicted molar refractivity (Wildman–Crippen MR) is 64.5 cm³/mol. The lowest BCUT2D eigenvalue weighted by Gasteiger charge is -2.31. The van der Waals surface area contributed by atoms with Gasteiger partial charge >= 0.3 is 11.9 Å². The first-order valence-corrected chi connectivity index (χ1v) is 6.45. The molecule has 20 heavy (non-hydrogen) atoms. The fourth-order valence-corrected chi connectivity index (χ4v) is 2.34. The summed E-state index contributed by atoms with van der Waals surface area (Å²) in [6.45, 7) is 0.762. The SMILES string of the molecule is O=c1[nH]nc(C2CCCN(CCOCC(F)(F)F)C2)[nH]1. The van der Waals surface area contributed by atoms with Crippen molar-refractivity contribution in [3.63, 3.8) is 0 Å². The van der Waals surface area contributed by atoms with Crippen LogP contribution in [-0.2, 0) is 4.74 Å². The second-order valence-corrected chi connectivity index (χ2v) is 4.87. The van der Waals surface area contributed by atoms with Gasteiger partial charge in [0.25, 0.3) is 0 Å². The molecule has 1 unspecified atom stereocenters. The topological polar surface area (TPSA) is 74.0 Å². The van der Waals surface area contributed by atoms with Crippen LogP contribution in [0.3, 0.4) is 0 Å². The summed E-state index contributed by atoms with van der Waals surface area (Å²) in [5.74, 6) is 0.709. The number of ether oxygens (including phenoxy) is 1. The van der Waals surface area contributed by atoms with Gasteiger partial charge in [0, 0.05) is 19.0 Å². The molecule has 0 saturated carbocycles. The highest BCUT2D eigenvalue weighted by molar-refractivity contribution is 4.96. The summed E-state index contributed by atoms with van der Waals surface area (Å²) in [6, 6.07) is 0. The standard InChI is InChI=1S/C11H17F3N4O2/c12-11(13,14)7-20-5-4-18-3-1-2-8(6-18)9-15-10(19)17-16-9/h8H,1-7H2,(H2,15,16,17,19). The van der Waals surface area contributed by atoms with Crippen molar-refractivity contribution in [1.82, 2.24) is 20.1 Å². The third-order valence-corrected chi connectivity index (χ3v) is 3.23. The molecule has 1 aliphatic heterocycles. The van der Waals surface area contributed by atoms with Crippen molar-refractivity contribution in [2.45, 2.75) is 24.9 Å². The first-order valence-electron chi connectivity index (χ1n) is 6.45. The Morgan fingerprint density at radius 1 is 1.45 bits per heavy atom. The molecule has 0 amide bonds. The average molecular weight is 294 g/mol. The molecule has 1 aromatic heterocycles. The number of piperidine rings is 1. The minimum absolute atomic E-state index is 0.0450. The molecule has 2 N–H and O–H groups in total. The maximum atomic E-state index is 11.9. The summed E-state index contributed by atoms with van der Waals surface area (Å²) in [6.07, 6.45) is -2.46. The van der Waals surface area contributed by atoms with Crippen LogP contribution in [0.25, 0.3) is 0 Å². The smallest absolute Gasteiger partial charge is 0.371 e. The van der Waals surface area contributed by atoms with Crippen LogP contribution in [0, 0.1) is 0 Å². The second kappa shape index (κ2) is 6.40. The van der Waals surface area contributed by atoms with Gasteiger partial charge in [0.15, 0.2) is 0 Å². The molecule has 0 bridgehead atoms. The van der Waals surface area contributed by atoms with Crippen molar-refractivity contribution >= 4 is 0 Å². The quantitative estimate of drug-likeness (QED) is 0.790. The molecule has 0 spiro atoms. The summed E-state index contributed by atoms with van der Waals surface area (Å²) < 4.78 is 40.4. The summed E-state index contributed by atoms with van der Waals surface area (Å²) >= 11 is 0. The largest absolute Gasteiger partial charge is 0.411 e. The van der Waals surface area contributed by atoms with E-state index in [9.17, 15) is 18.0 Å². The third-order valence-electron chi connectivity index (χ3n) is 3.23. The van der Waals surface area contributed by atoms with E-state index in [1.165, 1.54) is 0 Å². The normalized spacial score (nSPS) is 21.2. The Morgan fingerprint density at radius 2 is 2.25 bits per heavy atom. The number of hydrogen-bond donors (Lipinski definition) is 2. The minimum atomic E-state index is -4.28. The van der Waals surface area contributed by atoms with Gasteiger partial charge in [-0.3, -0.25) is 4.98 Å². The fraction of sp³-hybridized carbons (Fsp3) is 0.818. The van der Waals surface area contributed by atoms with Gasteiger partial charge < -0.3 is 9.64 Å². The van der Waals surface area contributed by atoms with Gasteiger partial charge in [0.05, 0.1) is 6.61 Å².